The van der Waals surface area contributed by atoms with Gasteiger partial charge in [-0.05, 0) is 57.6 Å². The fourth-order valence-corrected chi connectivity index (χ4v) is 4.07. The molecule has 0 saturated heterocycles. The minimum atomic E-state index is -0.236. The molecular formula is C15H22ClNOS. The van der Waals surface area contributed by atoms with E-state index in [1.54, 1.807) is 11.3 Å². The first-order valence-corrected chi connectivity index (χ1v) is 8.37. The summed E-state index contributed by atoms with van der Waals surface area (Å²) < 4.78 is 0. The van der Waals surface area contributed by atoms with Gasteiger partial charge in [0.15, 0.2) is 0 Å². The van der Waals surface area contributed by atoms with E-state index in [0.29, 0.717) is 5.88 Å². The Morgan fingerprint density at radius 2 is 2.11 bits per heavy atom. The molecule has 0 radical (unpaired) electrons. The van der Waals surface area contributed by atoms with Gasteiger partial charge in [-0.3, -0.25) is 4.79 Å². The molecule has 1 heterocycles. The zero-order chi connectivity index (χ0) is 13.9. The van der Waals surface area contributed by atoms with E-state index in [2.05, 4.69) is 11.4 Å². The third-order valence-electron chi connectivity index (χ3n) is 3.64. The number of carbonyl (C=O) groups excluding carboxylic acids is 1. The van der Waals surface area contributed by atoms with Crippen molar-refractivity contribution in [3.63, 3.8) is 0 Å². The lowest BCUT2D eigenvalue weighted by Crippen LogP contribution is -2.43. The maximum atomic E-state index is 12.3. The number of halogens is 1. The second-order valence-corrected chi connectivity index (χ2v) is 7.41. The Balaban J connectivity index is 2.08. The van der Waals surface area contributed by atoms with Crippen molar-refractivity contribution in [2.45, 2.75) is 57.9 Å². The van der Waals surface area contributed by atoms with E-state index < -0.39 is 0 Å². The molecule has 0 bridgehead atoms. The molecule has 0 aliphatic heterocycles. The number of carbonyl (C=O) groups is 1. The molecule has 0 fully saturated rings. The summed E-state index contributed by atoms with van der Waals surface area (Å²) in [5.74, 6) is 0.613. The van der Waals surface area contributed by atoms with Crippen LogP contribution in [-0.2, 0) is 12.8 Å². The summed E-state index contributed by atoms with van der Waals surface area (Å²) in [4.78, 5) is 14.6. The Kier molecular flexibility index (Phi) is 4.91. The van der Waals surface area contributed by atoms with Gasteiger partial charge in [-0.25, -0.2) is 0 Å². The summed E-state index contributed by atoms with van der Waals surface area (Å²) in [6, 6.07) is 2.09. The highest BCUT2D eigenvalue weighted by Crippen LogP contribution is 2.29. The fourth-order valence-electron chi connectivity index (χ4n) is 2.45. The zero-order valence-electron chi connectivity index (χ0n) is 11.7. The van der Waals surface area contributed by atoms with Crippen molar-refractivity contribution in [3.05, 3.63) is 21.4 Å². The lowest BCUT2D eigenvalue weighted by molar-refractivity contribution is 0.0916. The van der Waals surface area contributed by atoms with Gasteiger partial charge in [0, 0.05) is 16.3 Å². The van der Waals surface area contributed by atoms with Crippen LogP contribution < -0.4 is 5.32 Å². The first kappa shape index (κ1) is 14.9. The van der Waals surface area contributed by atoms with Gasteiger partial charge in [0.25, 0.3) is 5.91 Å². The third-order valence-corrected chi connectivity index (χ3v) is 5.07. The average molecular weight is 300 g/mol. The van der Waals surface area contributed by atoms with Crippen LogP contribution >= 0.6 is 22.9 Å². The van der Waals surface area contributed by atoms with E-state index in [0.717, 1.165) is 24.1 Å². The molecule has 1 aromatic heterocycles. The second kappa shape index (κ2) is 6.27. The smallest absolute Gasteiger partial charge is 0.261 e. The van der Waals surface area contributed by atoms with Crippen LogP contribution in [0.4, 0.5) is 0 Å². The van der Waals surface area contributed by atoms with Gasteiger partial charge >= 0.3 is 0 Å². The highest BCUT2D eigenvalue weighted by molar-refractivity contribution is 7.14. The van der Waals surface area contributed by atoms with Crippen molar-refractivity contribution < 1.29 is 4.79 Å². The molecule has 2 nitrogen and oxygen atoms in total. The van der Waals surface area contributed by atoms with Crippen molar-refractivity contribution in [3.8, 4) is 0 Å². The molecule has 1 aliphatic carbocycles. The molecule has 0 saturated carbocycles. The summed E-state index contributed by atoms with van der Waals surface area (Å²) in [6.45, 7) is 4.04. The maximum absolute atomic E-state index is 12.3. The molecule has 19 heavy (non-hydrogen) atoms. The fraction of sp³-hybridized carbons (Fsp3) is 0.667. The van der Waals surface area contributed by atoms with E-state index in [9.17, 15) is 4.79 Å². The van der Waals surface area contributed by atoms with Crippen molar-refractivity contribution in [1.29, 1.82) is 0 Å². The van der Waals surface area contributed by atoms with Crippen LogP contribution in [0.15, 0.2) is 6.07 Å². The largest absolute Gasteiger partial charge is 0.346 e. The van der Waals surface area contributed by atoms with Crippen LogP contribution in [0, 0.1) is 0 Å². The number of nitrogens with one attached hydrogen (secondary N) is 1. The van der Waals surface area contributed by atoms with E-state index >= 15 is 0 Å². The number of aryl methyl sites for hydroxylation is 2. The minimum absolute atomic E-state index is 0.0493. The predicted molar refractivity (Wildman–Crippen MR) is 82.5 cm³/mol. The van der Waals surface area contributed by atoms with Crippen molar-refractivity contribution >= 4 is 28.8 Å². The summed E-state index contributed by atoms with van der Waals surface area (Å²) in [7, 11) is 0. The van der Waals surface area contributed by atoms with Crippen LogP contribution in [0.1, 0.15) is 59.6 Å². The van der Waals surface area contributed by atoms with Crippen LogP contribution in [-0.4, -0.2) is 17.3 Å². The summed E-state index contributed by atoms with van der Waals surface area (Å²) >= 11 is 7.44. The monoisotopic (exact) mass is 299 g/mol. The Morgan fingerprint density at radius 1 is 1.37 bits per heavy atom. The predicted octanol–water partition coefficient (Wildman–Crippen LogP) is 4.15. The van der Waals surface area contributed by atoms with Crippen LogP contribution in [0.3, 0.4) is 0 Å². The average Bonchev–Trinajstić information content (AvgIpc) is 2.60. The molecule has 106 valence electrons. The van der Waals surface area contributed by atoms with Gasteiger partial charge in [0.2, 0.25) is 0 Å². The number of hydrogen-bond donors (Lipinski definition) is 1. The highest BCUT2D eigenvalue weighted by Gasteiger charge is 2.23. The zero-order valence-corrected chi connectivity index (χ0v) is 13.3. The standard InChI is InChI=1S/C15H22ClNOS/c1-15(2,8-9-16)17-14(18)13-10-11-6-4-3-5-7-12(11)19-13/h10H,3-9H2,1-2H3,(H,17,18). The van der Waals surface area contributed by atoms with Gasteiger partial charge in [-0.15, -0.1) is 22.9 Å². The van der Waals surface area contributed by atoms with Crippen molar-refractivity contribution in [2.24, 2.45) is 0 Å². The van der Waals surface area contributed by atoms with E-state index in [-0.39, 0.29) is 11.4 Å². The Morgan fingerprint density at radius 3 is 2.84 bits per heavy atom. The number of thiophene rings is 1. The summed E-state index contributed by atoms with van der Waals surface area (Å²) in [6.07, 6.45) is 6.87. The quantitative estimate of drug-likeness (QED) is 0.656. The number of alkyl halides is 1. The van der Waals surface area contributed by atoms with Gasteiger partial charge in [-0.1, -0.05) is 6.42 Å². The number of rotatable bonds is 4. The lowest BCUT2D eigenvalue weighted by Gasteiger charge is -2.24. The molecular weight excluding hydrogens is 278 g/mol. The molecule has 0 spiro atoms. The summed E-state index contributed by atoms with van der Waals surface area (Å²) in [5, 5.41) is 3.09. The van der Waals surface area contributed by atoms with E-state index in [4.69, 9.17) is 11.6 Å². The van der Waals surface area contributed by atoms with Gasteiger partial charge < -0.3 is 5.32 Å². The van der Waals surface area contributed by atoms with Gasteiger partial charge in [0.05, 0.1) is 4.88 Å². The molecule has 2 rings (SSSR count). The van der Waals surface area contributed by atoms with Gasteiger partial charge in [-0.2, -0.15) is 0 Å². The molecule has 1 N–H and O–H groups in total. The Hall–Kier alpha value is -0.540. The summed E-state index contributed by atoms with van der Waals surface area (Å²) in [5.41, 5.74) is 1.16. The van der Waals surface area contributed by atoms with Gasteiger partial charge in [0.1, 0.15) is 0 Å². The van der Waals surface area contributed by atoms with Crippen molar-refractivity contribution in [2.75, 3.05) is 5.88 Å². The minimum Gasteiger partial charge on any atom is -0.346 e. The number of hydrogen-bond acceptors (Lipinski definition) is 2. The Bertz CT molecular complexity index is 429. The highest BCUT2D eigenvalue weighted by atomic mass is 35.5. The normalized spacial score (nSPS) is 15.7. The maximum Gasteiger partial charge on any atom is 0.261 e. The topological polar surface area (TPSA) is 29.1 Å². The van der Waals surface area contributed by atoms with Crippen LogP contribution in [0.25, 0.3) is 0 Å². The number of amides is 1. The van der Waals surface area contributed by atoms with Crippen LogP contribution in [0.2, 0.25) is 0 Å². The number of fused-ring (bicyclic) bond motifs is 1. The third kappa shape index (κ3) is 3.96. The molecule has 0 unspecified atom stereocenters. The molecule has 1 amide bonds. The second-order valence-electron chi connectivity index (χ2n) is 5.90. The Labute approximate surface area is 124 Å². The van der Waals surface area contributed by atoms with E-state index in [1.807, 2.05) is 13.8 Å². The van der Waals surface area contributed by atoms with E-state index in [1.165, 1.54) is 29.7 Å². The molecule has 0 atom stereocenters. The first-order valence-electron chi connectivity index (χ1n) is 7.02. The SMILES string of the molecule is CC(C)(CCCl)NC(=O)c1cc2c(s1)CCCCC2. The molecule has 1 aliphatic rings. The molecule has 0 aromatic carbocycles. The van der Waals surface area contributed by atoms with Crippen molar-refractivity contribution in [1.82, 2.24) is 5.32 Å². The van der Waals surface area contributed by atoms with Crippen LogP contribution in [0.5, 0.6) is 0 Å². The molecule has 1 aromatic rings. The first-order chi connectivity index (χ1) is 9.02. The lowest BCUT2D eigenvalue weighted by atomic mass is 10.0. The molecule has 4 heteroatoms.